The first-order valence-electron chi connectivity index (χ1n) is 5.62. The fraction of sp³-hybridized carbons (Fsp3) is 0.357. The topological polar surface area (TPSA) is 17.1 Å². The zero-order chi connectivity index (χ0) is 10.3. The Morgan fingerprint density at radius 1 is 1.07 bits per heavy atom. The van der Waals surface area contributed by atoms with Crippen molar-refractivity contribution < 1.29 is 4.79 Å². The number of hydrogen-bond donors (Lipinski definition) is 0. The third kappa shape index (κ3) is 1.43. The lowest BCUT2D eigenvalue weighted by Crippen LogP contribution is -2.18. The number of benzene rings is 1. The second-order valence-electron chi connectivity index (χ2n) is 4.62. The second-order valence-corrected chi connectivity index (χ2v) is 4.62. The van der Waals surface area contributed by atoms with E-state index in [0.717, 1.165) is 12.0 Å². The maximum atomic E-state index is 12.2. The fourth-order valence-corrected chi connectivity index (χ4v) is 2.90. The number of rotatable bonds is 2. The zero-order valence-corrected chi connectivity index (χ0v) is 8.60. The molecule has 1 aromatic rings. The van der Waals surface area contributed by atoms with Gasteiger partial charge in [-0.1, -0.05) is 42.5 Å². The van der Waals surface area contributed by atoms with E-state index in [2.05, 4.69) is 12.2 Å². The van der Waals surface area contributed by atoms with Gasteiger partial charge in [0.2, 0.25) is 0 Å². The molecule has 0 aliphatic heterocycles. The summed E-state index contributed by atoms with van der Waals surface area (Å²) in [4.78, 5) is 12.2. The van der Waals surface area contributed by atoms with Crippen LogP contribution in [0.15, 0.2) is 42.5 Å². The Morgan fingerprint density at radius 2 is 1.87 bits per heavy atom. The van der Waals surface area contributed by atoms with Gasteiger partial charge in [-0.2, -0.15) is 0 Å². The van der Waals surface area contributed by atoms with E-state index in [9.17, 15) is 4.79 Å². The first kappa shape index (κ1) is 8.90. The molecule has 0 amide bonds. The predicted octanol–water partition coefficient (Wildman–Crippen LogP) is 3.08. The molecule has 0 saturated heterocycles. The van der Waals surface area contributed by atoms with Crippen molar-refractivity contribution in [1.82, 2.24) is 0 Å². The van der Waals surface area contributed by atoms with E-state index in [-0.39, 0.29) is 5.92 Å². The number of fused-ring (bicyclic) bond motifs is 2. The molecule has 0 aromatic heterocycles. The van der Waals surface area contributed by atoms with Gasteiger partial charge in [0.25, 0.3) is 0 Å². The summed E-state index contributed by atoms with van der Waals surface area (Å²) >= 11 is 0. The van der Waals surface area contributed by atoms with E-state index in [1.807, 2.05) is 30.3 Å². The van der Waals surface area contributed by atoms with Crippen LogP contribution in [0.25, 0.3) is 0 Å². The summed E-state index contributed by atoms with van der Waals surface area (Å²) in [5, 5.41) is 0. The van der Waals surface area contributed by atoms with Gasteiger partial charge in [0.15, 0.2) is 5.78 Å². The van der Waals surface area contributed by atoms with Crippen molar-refractivity contribution in [2.75, 3.05) is 0 Å². The molecule has 1 nitrogen and oxygen atoms in total. The molecule has 0 N–H and O–H groups in total. The zero-order valence-electron chi connectivity index (χ0n) is 8.60. The summed E-state index contributed by atoms with van der Waals surface area (Å²) in [6, 6.07) is 9.69. The average molecular weight is 198 g/mol. The summed E-state index contributed by atoms with van der Waals surface area (Å²) in [6.45, 7) is 0. The minimum absolute atomic E-state index is 0.252. The Kier molecular flexibility index (Phi) is 1.98. The number of allylic oxidation sites excluding steroid dienone is 2. The van der Waals surface area contributed by atoms with Gasteiger partial charge in [-0.25, -0.2) is 0 Å². The van der Waals surface area contributed by atoms with Gasteiger partial charge in [-0.15, -0.1) is 0 Å². The normalized spacial score (nSPS) is 32.1. The quantitative estimate of drug-likeness (QED) is 0.527. The molecule has 3 rings (SSSR count). The van der Waals surface area contributed by atoms with Crippen LogP contribution < -0.4 is 0 Å². The Morgan fingerprint density at radius 3 is 2.47 bits per heavy atom. The van der Waals surface area contributed by atoms with Gasteiger partial charge in [0.1, 0.15) is 0 Å². The lowest BCUT2D eigenvalue weighted by atomic mass is 9.86. The van der Waals surface area contributed by atoms with Crippen molar-refractivity contribution in [3.05, 3.63) is 48.0 Å². The monoisotopic (exact) mass is 198 g/mol. The SMILES string of the molecule is O=C(c1ccccc1)C1CC2C=CC1C2. The largest absolute Gasteiger partial charge is 0.294 e. The fourth-order valence-electron chi connectivity index (χ4n) is 2.90. The van der Waals surface area contributed by atoms with E-state index >= 15 is 0 Å². The molecular weight excluding hydrogens is 184 g/mol. The van der Waals surface area contributed by atoms with Crippen molar-refractivity contribution in [3.8, 4) is 0 Å². The molecule has 0 radical (unpaired) electrons. The van der Waals surface area contributed by atoms with Crippen LogP contribution in [0.3, 0.4) is 0 Å². The lowest BCUT2D eigenvalue weighted by molar-refractivity contribution is 0.0901. The van der Waals surface area contributed by atoms with Crippen LogP contribution in [-0.2, 0) is 0 Å². The first-order valence-corrected chi connectivity index (χ1v) is 5.62. The molecule has 1 heteroatoms. The standard InChI is InChI=1S/C14H14O/c15-14(11-4-2-1-3-5-11)13-9-10-6-7-12(13)8-10/h1-7,10,12-13H,8-9H2. The molecule has 3 atom stereocenters. The van der Waals surface area contributed by atoms with E-state index < -0.39 is 0 Å². The molecule has 1 saturated carbocycles. The average Bonchev–Trinajstić information content (AvgIpc) is 2.91. The minimum Gasteiger partial charge on any atom is -0.294 e. The lowest BCUT2D eigenvalue weighted by Gasteiger charge is -2.16. The number of carbonyl (C=O) groups excluding carboxylic acids is 1. The molecule has 1 aromatic carbocycles. The molecule has 0 heterocycles. The van der Waals surface area contributed by atoms with Crippen LogP contribution in [0.5, 0.6) is 0 Å². The number of Topliss-reactive ketones (excluding diaryl/α,β-unsaturated/α-hetero) is 1. The van der Waals surface area contributed by atoms with E-state index in [0.29, 0.717) is 17.6 Å². The Labute approximate surface area is 89.8 Å². The molecule has 2 aliphatic carbocycles. The maximum absolute atomic E-state index is 12.2. The van der Waals surface area contributed by atoms with Crippen LogP contribution in [-0.4, -0.2) is 5.78 Å². The van der Waals surface area contributed by atoms with E-state index in [1.165, 1.54) is 6.42 Å². The van der Waals surface area contributed by atoms with Gasteiger partial charge in [-0.05, 0) is 24.7 Å². The molecule has 2 aliphatic rings. The molecule has 2 bridgehead atoms. The van der Waals surface area contributed by atoms with Crippen LogP contribution in [0.4, 0.5) is 0 Å². The highest BCUT2D eigenvalue weighted by molar-refractivity contribution is 5.98. The van der Waals surface area contributed by atoms with Crippen molar-refractivity contribution >= 4 is 5.78 Å². The highest BCUT2D eigenvalue weighted by Crippen LogP contribution is 2.44. The van der Waals surface area contributed by atoms with Crippen molar-refractivity contribution in [2.45, 2.75) is 12.8 Å². The highest BCUT2D eigenvalue weighted by atomic mass is 16.1. The van der Waals surface area contributed by atoms with Gasteiger partial charge in [0.05, 0.1) is 0 Å². The van der Waals surface area contributed by atoms with Crippen LogP contribution >= 0.6 is 0 Å². The number of carbonyl (C=O) groups is 1. The minimum atomic E-state index is 0.252. The van der Waals surface area contributed by atoms with Crippen molar-refractivity contribution in [3.63, 3.8) is 0 Å². The summed E-state index contributed by atoms with van der Waals surface area (Å²) in [6.07, 6.45) is 6.78. The van der Waals surface area contributed by atoms with Crippen LogP contribution in [0.1, 0.15) is 23.2 Å². The summed E-state index contributed by atoms with van der Waals surface area (Å²) in [5.41, 5.74) is 0.878. The van der Waals surface area contributed by atoms with Crippen LogP contribution in [0.2, 0.25) is 0 Å². The van der Waals surface area contributed by atoms with Gasteiger partial charge in [0, 0.05) is 11.5 Å². The van der Waals surface area contributed by atoms with E-state index in [1.54, 1.807) is 0 Å². The van der Waals surface area contributed by atoms with Gasteiger partial charge >= 0.3 is 0 Å². The van der Waals surface area contributed by atoms with Crippen LogP contribution in [0, 0.1) is 17.8 Å². The van der Waals surface area contributed by atoms with Gasteiger partial charge < -0.3 is 0 Å². The molecule has 3 unspecified atom stereocenters. The summed E-state index contributed by atoms with van der Waals surface area (Å²) in [5.74, 6) is 1.78. The predicted molar refractivity (Wildman–Crippen MR) is 59.6 cm³/mol. The summed E-state index contributed by atoms with van der Waals surface area (Å²) < 4.78 is 0. The second kappa shape index (κ2) is 3.34. The van der Waals surface area contributed by atoms with Crippen molar-refractivity contribution in [1.29, 1.82) is 0 Å². The molecular formula is C14H14O. The first-order chi connectivity index (χ1) is 7.34. The third-order valence-electron chi connectivity index (χ3n) is 3.67. The number of hydrogen-bond acceptors (Lipinski definition) is 1. The Bertz CT molecular complexity index is 405. The highest BCUT2D eigenvalue weighted by Gasteiger charge is 2.39. The Balaban J connectivity index is 1.85. The maximum Gasteiger partial charge on any atom is 0.166 e. The number of ketones is 1. The smallest absolute Gasteiger partial charge is 0.166 e. The summed E-state index contributed by atoms with van der Waals surface area (Å²) in [7, 11) is 0. The third-order valence-corrected chi connectivity index (χ3v) is 3.67. The molecule has 0 spiro atoms. The van der Waals surface area contributed by atoms with Gasteiger partial charge in [-0.3, -0.25) is 4.79 Å². The van der Waals surface area contributed by atoms with E-state index in [4.69, 9.17) is 0 Å². The Hall–Kier alpha value is -1.37. The molecule has 15 heavy (non-hydrogen) atoms. The molecule has 76 valence electrons. The van der Waals surface area contributed by atoms with Crippen molar-refractivity contribution in [2.24, 2.45) is 17.8 Å². The molecule has 1 fully saturated rings.